The molecule has 1 aliphatic rings. The number of alkyl halides is 3. The maximum Gasteiger partial charge on any atom is 0.427 e. The van der Waals surface area contributed by atoms with Crippen LogP contribution in [0.4, 0.5) is 18.3 Å². The molecule has 0 amide bonds. The van der Waals surface area contributed by atoms with Crippen LogP contribution in [0.2, 0.25) is 0 Å². The average molecular weight is 251 g/mol. The Bertz CT molecular complexity index is 344. The van der Waals surface area contributed by atoms with Gasteiger partial charge in [-0.2, -0.15) is 13.2 Å². The summed E-state index contributed by atoms with van der Waals surface area (Å²) in [5.41, 5.74) is 0. The lowest BCUT2D eigenvalue weighted by molar-refractivity contribution is -0.134. The fraction of sp³-hybridized carbons (Fsp3) is 0.667. The second-order valence-corrected chi connectivity index (χ2v) is 4.73. The van der Waals surface area contributed by atoms with E-state index in [1.807, 2.05) is 0 Å². The molecule has 2 rings (SSSR count). The van der Waals surface area contributed by atoms with Crippen molar-refractivity contribution in [2.75, 3.05) is 18.4 Å². The molecule has 2 heterocycles. The van der Waals surface area contributed by atoms with Gasteiger partial charge in [-0.15, -0.1) is 0 Å². The molecule has 0 bridgehead atoms. The first kappa shape index (κ1) is 11.7. The van der Waals surface area contributed by atoms with Gasteiger partial charge in [0.15, 0.2) is 5.13 Å². The van der Waals surface area contributed by atoms with Gasteiger partial charge in [0, 0.05) is 6.04 Å². The van der Waals surface area contributed by atoms with E-state index in [-0.39, 0.29) is 6.04 Å². The molecule has 90 valence electrons. The van der Waals surface area contributed by atoms with E-state index in [2.05, 4.69) is 15.6 Å². The van der Waals surface area contributed by atoms with E-state index in [1.165, 1.54) is 0 Å². The van der Waals surface area contributed by atoms with E-state index in [0.717, 1.165) is 32.1 Å². The minimum atomic E-state index is -4.29. The van der Waals surface area contributed by atoms with Crippen LogP contribution in [-0.4, -0.2) is 24.1 Å². The first-order chi connectivity index (χ1) is 7.55. The van der Waals surface area contributed by atoms with Crippen LogP contribution in [0.25, 0.3) is 0 Å². The van der Waals surface area contributed by atoms with Crippen molar-refractivity contribution in [1.82, 2.24) is 10.3 Å². The summed E-state index contributed by atoms with van der Waals surface area (Å²) in [6.07, 6.45) is -1.57. The van der Waals surface area contributed by atoms with E-state index in [9.17, 15) is 13.2 Å². The van der Waals surface area contributed by atoms with Crippen LogP contribution in [0.1, 0.15) is 17.7 Å². The molecule has 1 saturated heterocycles. The molecule has 0 saturated carbocycles. The third kappa shape index (κ3) is 2.85. The Morgan fingerprint density at radius 1 is 1.38 bits per heavy atom. The Morgan fingerprint density at radius 3 is 2.62 bits per heavy atom. The number of thiazole rings is 1. The Kier molecular flexibility index (Phi) is 3.34. The van der Waals surface area contributed by atoms with Gasteiger partial charge in [0.05, 0.1) is 6.20 Å². The molecular weight excluding hydrogens is 239 g/mol. The number of halogens is 3. The van der Waals surface area contributed by atoms with Gasteiger partial charge >= 0.3 is 6.18 Å². The van der Waals surface area contributed by atoms with Gasteiger partial charge in [0.1, 0.15) is 4.88 Å². The summed E-state index contributed by atoms with van der Waals surface area (Å²) in [6.45, 7) is 1.80. The number of hydrogen-bond acceptors (Lipinski definition) is 4. The van der Waals surface area contributed by atoms with Gasteiger partial charge in [-0.25, -0.2) is 4.98 Å². The molecule has 1 aromatic rings. The maximum atomic E-state index is 12.3. The van der Waals surface area contributed by atoms with Crippen LogP contribution in [0.3, 0.4) is 0 Å². The summed E-state index contributed by atoms with van der Waals surface area (Å²) in [5.74, 6) is 0. The lowest BCUT2D eigenvalue weighted by Gasteiger charge is -2.23. The van der Waals surface area contributed by atoms with Crippen molar-refractivity contribution in [3.05, 3.63) is 11.1 Å². The minimum Gasteiger partial charge on any atom is -0.359 e. The van der Waals surface area contributed by atoms with Crippen molar-refractivity contribution < 1.29 is 13.2 Å². The standard InChI is InChI=1S/C9H12F3N3S/c10-9(11,12)7-5-14-8(16-7)15-6-1-3-13-4-2-6/h5-6,13H,1-4H2,(H,14,15). The highest BCUT2D eigenvalue weighted by atomic mass is 32.1. The highest BCUT2D eigenvalue weighted by Gasteiger charge is 2.33. The first-order valence-electron chi connectivity index (χ1n) is 5.06. The molecule has 0 spiro atoms. The topological polar surface area (TPSA) is 37.0 Å². The zero-order valence-corrected chi connectivity index (χ0v) is 9.29. The highest BCUT2D eigenvalue weighted by molar-refractivity contribution is 7.15. The number of aromatic nitrogens is 1. The molecule has 0 unspecified atom stereocenters. The van der Waals surface area contributed by atoms with E-state index in [0.29, 0.717) is 16.5 Å². The monoisotopic (exact) mass is 251 g/mol. The average Bonchev–Trinajstić information content (AvgIpc) is 2.67. The van der Waals surface area contributed by atoms with Gasteiger partial charge in [-0.3, -0.25) is 0 Å². The quantitative estimate of drug-likeness (QED) is 0.847. The van der Waals surface area contributed by atoms with Crippen molar-refractivity contribution >= 4 is 16.5 Å². The second-order valence-electron chi connectivity index (χ2n) is 3.70. The van der Waals surface area contributed by atoms with Crippen LogP contribution in [0, 0.1) is 0 Å². The smallest absolute Gasteiger partial charge is 0.359 e. The van der Waals surface area contributed by atoms with Gasteiger partial charge in [0.2, 0.25) is 0 Å². The largest absolute Gasteiger partial charge is 0.427 e. The van der Waals surface area contributed by atoms with Crippen molar-refractivity contribution in [2.24, 2.45) is 0 Å². The predicted molar refractivity (Wildman–Crippen MR) is 56.6 cm³/mol. The molecule has 3 nitrogen and oxygen atoms in total. The molecular formula is C9H12F3N3S. The molecule has 1 aromatic heterocycles. The van der Waals surface area contributed by atoms with Crippen LogP contribution in [0.15, 0.2) is 6.20 Å². The molecule has 0 aromatic carbocycles. The van der Waals surface area contributed by atoms with Crippen LogP contribution in [0.5, 0.6) is 0 Å². The zero-order chi connectivity index (χ0) is 11.6. The lowest BCUT2D eigenvalue weighted by Crippen LogP contribution is -2.35. The van der Waals surface area contributed by atoms with E-state index >= 15 is 0 Å². The summed E-state index contributed by atoms with van der Waals surface area (Å²) in [4.78, 5) is 3.09. The Balaban J connectivity index is 1.97. The van der Waals surface area contributed by atoms with E-state index in [1.54, 1.807) is 0 Å². The second kappa shape index (κ2) is 4.58. The Labute approximate surface area is 95.1 Å². The molecule has 0 aliphatic carbocycles. The SMILES string of the molecule is FC(F)(F)c1cnc(NC2CCNCC2)s1. The highest BCUT2D eigenvalue weighted by Crippen LogP contribution is 2.35. The molecule has 1 fully saturated rings. The molecule has 1 aliphatic heterocycles. The maximum absolute atomic E-state index is 12.3. The Morgan fingerprint density at radius 2 is 2.06 bits per heavy atom. The van der Waals surface area contributed by atoms with Crippen LogP contribution < -0.4 is 10.6 Å². The van der Waals surface area contributed by atoms with E-state index in [4.69, 9.17) is 0 Å². The Hall–Kier alpha value is -0.820. The first-order valence-corrected chi connectivity index (χ1v) is 5.87. The summed E-state index contributed by atoms with van der Waals surface area (Å²) in [5, 5.41) is 6.59. The third-order valence-corrected chi connectivity index (χ3v) is 3.43. The number of rotatable bonds is 2. The molecule has 16 heavy (non-hydrogen) atoms. The summed E-state index contributed by atoms with van der Waals surface area (Å²) in [6, 6.07) is 0.230. The summed E-state index contributed by atoms with van der Waals surface area (Å²) < 4.78 is 36.9. The number of hydrogen-bond donors (Lipinski definition) is 2. The van der Waals surface area contributed by atoms with Gasteiger partial charge in [-0.1, -0.05) is 11.3 Å². The van der Waals surface area contributed by atoms with Crippen molar-refractivity contribution in [2.45, 2.75) is 25.1 Å². The fourth-order valence-corrected chi connectivity index (χ4v) is 2.37. The predicted octanol–water partition coefficient (Wildman–Crippen LogP) is 2.33. The summed E-state index contributed by atoms with van der Waals surface area (Å²) in [7, 11) is 0. The van der Waals surface area contributed by atoms with Crippen LogP contribution in [-0.2, 0) is 6.18 Å². The minimum absolute atomic E-state index is 0.230. The number of nitrogens with one attached hydrogen (secondary N) is 2. The molecule has 7 heteroatoms. The fourth-order valence-electron chi connectivity index (χ4n) is 1.61. The van der Waals surface area contributed by atoms with Gasteiger partial charge in [0.25, 0.3) is 0 Å². The van der Waals surface area contributed by atoms with Crippen molar-refractivity contribution in [3.63, 3.8) is 0 Å². The molecule has 2 N–H and O–H groups in total. The molecule has 0 atom stereocenters. The van der Waals surface area contributed by atoms with Crippen molar-refractivity contribution in [1.29, 1.82) is 0 Å². The summed E-state index contributed by atoms with van der Waals surface area (Å²) >= 11 is 0.666. The number of nitrogens with zero attached hydrogens (tertiary/aromatic N) is 1. The van der Waals surface area contributed by atoms with Crippen molar-refractivity contribution in [3.8, 4) is 0 Å². The van der Waals surface area contributed by atoms with Gasteiger partial charge in [-0.05, 0) is 25.9 Å². The zero-order valence-electron chi connectivity index (χ0n) is 8.47. The van der Waals surface area contributed by atoms with Crippen LogP contribution >= 0.6 is 11.3 Å². The number of anilines is 1. The third-order valence-electron chi connectivity index (χ3n) is 2.45. The van der Waals surface area contributed by atoms with E-state index < -0.39 is 11.1 Å². The normalized spacial score (nSPS) is 18.7. The molecule has 0 radical (unpaired) electrons. The number of piperidine rings is 1. The lowest BCUT2D eigenvalue weighted by atomic mass is 10.1. The van der Waals surface area contributed by atoms with Gasteiger partial charge < -0.3 is 10.6 Å².